The van der Waals surface area contributed by atoms with Crippen LogP contribution in [0.2, 0.25) is 0 Å². The Kier molecular flexibility index (Phi) is 4.60. The fraction of sp³-hybridized carbons (Fsp3) is 0.588. The zero-order valence-electron chi connectivity index (χ0n) is 15.5. The topological polar surface area (TPSA) is 106 Å². The standard InChI is InChI=1S/C17H20F2N6O3/c1-9(13-22-10(2)28-24-13)21-15(26)12-5-20-14(25-7-17(18,19)8-25)16(23-12)27-6-11-3-4-11/h5,9,11H,3-4,6-8H2,1-2H3,(H,21,26). The highest BCUT2D eigenvalue weighted by molar-refractivity contribution is 5.92. The number of hydrogen-bond acceptors (Lipinski definition) is 8. The molecule has 150 valence electrons. The number of nitrogens with one attached hydrogen (secondary N) is 1. The van der Waals surface area contributed by atoms with Gasteiger partial charge in [0.05, 0.1) is 31.9 Å². The Morgan fingerprint density at radius 2 is 2.18 bits per heavy atom. The Bertz CT molecular complexity index is 878. The number of ether oxygens (including phenoxy) is 1. The maximum atomic E-state index is 13.2. The summed E-state index contributed by atoms with van der Waals surface area (Å²) in [6, 6.07) is -0.503. The summed E-state index contributed by atoms with van der Waals surface area (Å²) in [5.41, 5.74) is 0.0221. The van der Waals surface area contributed by atoms with E-state index in [9.17, 15) is 13.6 Å². The molecule has 2 aliphatic rings. The van der Waals surface area contributed by atoms with Crippen molar-refractivity contribution in [2.75, 3.05) is 24.6 Å². The van der Waals surface area contributed by atoms with Crippen LogP contribution >= 0.6 is 0 Å². The van der Waals surface area contributed by atoms with Crippen LogP contribution < -0.4 is 15.0 Å². The molecule has 1 atom stereocenters. The third-order valence-electron chi connectivity index (χ3n) is 4.53. The number of hydrogen-bond donors (Lipinski definition) is 1. The van der Waals surface area contributed by atoms with E-state index in [0.717, 1.165) is 12.8 Å². The van der Waals surface area contributed by atoms with E-state index < -0.39 is 31.0 Å². The molecule has 1 saturated heterocycles. The lowest BCUT2D eigenvalue weighted by atomic mass is 10.1. The molecular formula is C17H20F2N6O3. The Balaban J connectivity index is 1.49. The van der Waals surface area contributed by atoms with Crippen molar-refractivity contribution in [1.29, 1.82) is 0 Å². The molecule has 3 heterocycles. The molecule has 2 fully saturated rings. The van der Waals surface area contributed by atoms with Crippen LogP contribution in [-0.2, 0) is 0 Å². The molecule has 0 spiro atoms. The first-order valence-corrected chi connectivity index (χ1v) is 9.04. The summed E-state index contributed by atoms with van der Waals surface area (Å²) < 4.78 is 37.1. The summed E-state index contributed by atoms with van der Waals surface area (Å²) in [5, 5.41) is 6.47. The second-order valence-electron chi connectivity index (χ2n) is 7.22. The molecule has 11 heteroatoms. The predicted molar refractivity (Wildman–Crippen MR) is 92.3 cm³/mol. The van der Waals surface area contributed by atoms with Gasteiger partial charge in [0.15, 0.2) is 17.3 Å². The summed E-state index contributed by atoms with van der Waals surface area (Å²) in [5.74, 6) is -1.76. The fourth-order valence-electron chi connectivity index (χ4n) is 2.76. The average molecular weight is 394 g/mol. The number of carbonyl (C=O) groups excluding carboxylic acids is 1. The Hall–Kier alpha value is -2.85. The van der Waals surface area contributed by atoms with Gasteiger partial charge in [-0.15, -0.1) is 0 Å². The van der Waals surface area contributed by atoms with Crippen molar-refractivity contribution >= 4 is 11.7 Å². The van der Waals surface area contributed by atoms with Gasteiger partial charge < -0.3 is 19.5 Å². The van der Waals surface area contributed by atoms with Crippen molar-refractivity contribution < 1.29 is 22.8 Å². The van der Waals surface area contributed by atoms with Gasteiger partial charge in [-0.3, -0.25) is 4.79 Å². The molecule has 2 aromatic rings. The van der Waals surface area contributed by atoms with Gasteiger partial charge in [-0.25, -0.2) is 18.7 Å². The lowest BCUT2D eigenvalue weighted by Crippen LogP contribution is -2.56. The first-order valence-electron chi connectivity index (χ1n) is 9.04. The molecule has 2 aromatic heterocycles. The molecule has 9 nitrogen and oxygen atoms in total. The van der Waals surface area contributed by atoms with Crippen LogP contribution in [0, 0.1) is 12.8 Å². The molecule has 1 aliphatic carbocycles. The third-order valence-corrected chi connectivity index (χ3v) is 4.53. The van der Waals surface area contributed by atoms with Crippen LogP contribution in [0.15, 0.2) is 10.7 Å². The zero-order chi connectivity index (χ0) is 19.9. The van der Waals surface area contributed by atoms with Crippen molar-refractivity contribution in [1.82, 2.24) is 25.4 Å². The number of anilines is 1. The van der Waals surface area contributed by atoms with Gasteiger partial charge in [-0.05, 0) is 25.7 Å². The van der Waals surface area contributed by atoms with Crippen LogP contribution in [0.5, 0.6) is 5.88 Å². The number of nitrogens with zero attached hydrogens (tertiary/aromatic N) is 5. The molecule has 0 aromatic carbocycles. The summed E-state index contributed by atoms with van der Waals surface area (Å²) >= 11 is 0. The van der Waals surface area contributed by atoms with Crippen molar-refractivity contribution in [2.24, 2.45) is 5.92 Å². The fourth-order valence-corrected chi connectivity index (χ4v) is 2.76. The number of halogens is 2. The summed E-state index contributed by atoms with van der Waals surface area (Å²) in [4.78, 5) is 26.4. The predicted octanol–water partition coefficient (Wildman–Crippen LogP) is 1.90. The van der Waals surface area contributed by atoms with Crippen LogP contribution in [0.1, 0.15) is 48.0 Å². The van der Waals surface area contributed by atoms with Gasteiger partial charge in [-0.2, -0.15) is 4.98 Å². The summed E-state index contributed by atoms with van der Waals surface area (Å²) in [7, 11) is 0. The first kappa shape index (κ1) is 18.5. The van der Waals surface area contributed by atoms with E-state index in [0.29, 0.717) is 24.2 Å². The lowest BCUT2D eigenvalue weighted by molar-refractivity contribution is -0.0270. The van der Waals surface area contributed by atoms with E-state index >= 15 is 0 Å². The van der Waals surface area contributed by atoms with E-state index in [-0.39, 0.29) is 17.4 Å². The SMILES string of the molecule is Cc1nc(C(C)NC(=O)c2cnc(N3CC(F)(F)C3)c(OCC3CC3)n2)no1. The van der Waals surface area contributed by atoms with Gasteiger partial charge in [0.1, 0.15) is 0 Å². The largest absolute Gasteiger partial charge is 0.475 e. The summed E-state index contributed by atoms with van der Waals surface area (Å²) in [6.07, 6.45) is 3.37. The van der Waals surface area contributed by atoms with Crippen molar-refractivity contribution in [3.63, 3.8) is 0 Å². The molecule has 1 unspecified atom stereocenters. The molecule has 1 saturated carbocycles. The van der Waals surface area contributed by atoms with Crippen molar-refractivity contribution in [2.45, 2.75) is 38.7 Å². The number of carbonyl (C=O) groups is 1. The monoisotopic (exact) mass is 394 g/mol. The van der Waals surface area contributed by atoms with Crippen LogP contribution in [0.25, 0.3) is 0 Å². The van der Waals surface area contributed by atoms with Crippen LogP contribution in [-0.4, -0.2) is 51.6 Å². The van der Waals surface area contributed by atoms with Gasteiger partial charge in [0.25, 0.3) is 17.7 Å². The highest BCUT2D eigenvalue weighted by Gasteiger charge is 2.46. The van der Waals surface area contributed by atoms with E-state index in [1.807, 2.05) is 0 Å². The third kappa shape index (κ3) is 4.02. The normalized spacial score (nSPS) is 19.1. The van der Waals surface area contributed by atoms with Crippen LogP contribution in [0.3, 0.4) is 0 Å². The second kappa shape index (κ2) is 6.95. The van der Waals surface area contributed by atoms with E-state index in [2.05, 4.69) is 25.4 Å². The Morgan fingerprint density at radius 1 is 1.43 bits per heavy atom. The summed E-state index contributed by atoms with van der Waals surface area (Å²) in [6.45, 7) is 2.90. The smallest absolute Gasteiger partial charge is 0.282 e. The Morgan fingerprint density at radius 3 is 2.79 bits per heavy atom. The molecule has 0 radical (unpaired) electrons. The number of aromatic nitrogens is 4. The second-order valence-corrected chi connectivity index (χ2v) is 7.22. The van der Waals surface area contributed by atoms with E-state index in [1.54, 1.807) is 13.8 Å². The van der Waals surface area contributed by atoms with Crippen molar-refractivity contribution in [3.05, 3.63) is 23.6 Å². The highest BCUT2D eigenvalue weighted by Crippen LogP contribution is 2.36. The number of amides is 1. The van der Waals surface area contributed by atoms with Gasteiger partial charge in [0, 0.05) is 6.92 Å². The number of aryl methyl sites for hydroxylation is 1. The van der Waals surface area contributed by atoms with E-state index in [1.165, 1.54) is 11.1 Å². The molecule has 1 aliphatic heterocycles. The minimum atomic E-state index is -2.75. The molecular weight excluding hydrogens is 374 g/mol. The molecule has 28 heavy (non-hydrogen) atoms. The lowest BCUT2D eigenvalue weighted by Gasteiger charge is -2.39. The van der Waals surface area contributed by atoms with Crippen molar-refractivity contribution in [3.8, 4) is 5.88 Å². The molecule has 1 amide bonds. The van der Waals surface area contributed by atoms with E-state index in [4.69, 9.17) is 9.26 Å². The quantitative estimate of drug-likeness (QED) is 0.759. The molecule has 0 bridgehead atoms. The first-order chi connectivity index (χ1) is 13.3. The van der Waals surface area contributed by atoms with Crippen LogP contribution in [0.4, 0.5) is 14.6 Å². The zero-order valence-corrected chi connectivity index (χ0v) is 15.5. The van der Waals surface area contributed by atoms with Gasteiger partial charge in [-0.1, -0.05) is 5.16 Å². The number of rotatable bonds is 7. The van der Waals surface area contributed by atoms with Gasteiger partial charge >= 0.3 is 0 Å². The maximum Gasteiger partial charge on any atom is 0.282 e. The average Bonchev–Trinajstić information content (AvgIpc) is 3.36. The molecule has 1 N–H and O–H groups in total. The minimum absolute atomic E-state index is 0.0221. The maximum absolute atomic E-state index is 13.2. The Labute approximate surface area is 159 Å². The molecule has 4 rings (SSSR count). The highest BCUT2D eigenvalue weighted by atomic mass is 19.3. The number of alkyl halides is 2. The minimum Gasteiger partial charge on any atom is -0.475 e. The van der Waals surface area contributed by atoms with Gasteiger partial charge in [0.2, 0.25) is 5.89 Å².